The first-order chi connectivity index (χ1) is 11.8. The summed E-state index contributed by atoms with van der Waals surface area (Å²) in [5.41, 5.74) is 5.48. The van der Waals surface area contributed by atoms with Crippen molar-refractivity contribution in [3.8, 4) is 0 Å². The highest BCUT2D eigenvalue weighted by Crippen LogP contribution is 2.33. The lowest BCUT2D eigenvalue weighted by Crippen LogP contribution is -2.37. The molecule has 0 unspecified atom stereocenters. The van der Waals surface area contributed by atoms with Gasteiger partial charge in [0.15, 0.2) is 23.6 Å². The summed E-state index contributed by atoms with van der Waals surface area (Å²) >= 11 is 0. The number of imidazole rings is 1. The van der Waals surface area contributed by atoms with Crippen LogP contribution in [0.15, 0.2) is 11.1 Å². The molecule has 9 nitrogen and oxygen atoms in total. The molecule has 1 aliphatic heterocycles. The van der Waals surface area contributed by atoms with Crippen LogP contribution in [-0.2, 0) is 9.53 Å². The molecule has 2 aromatic heterocycles. The van der Waals surface area contributed by atoms with E-state index in [1.54, 1.807) is 13.8 Å². The number of nitrogens with one attached hydrogen (secondary N) is 2. The van der Waals surface area contributed by atoms with Crippen molar-refractivity contribution in [1.29, 1.82) is 0 Å². The zero-order valence-electron chi connectivity index (χ0n) is 14.2. The number of hydrogen-bond acceptors (Lipinski definition) is 6. The van der Waals surface area contributed by atoms with Gasteiger partial charge in [0.25, 0.3) is 5.56 Å². The number of rotatable bonds is 4. The molecular weight excluding hydrogens is 331 g/mol. The second kappa shape index (κ2) is 6.52. The van der Waals surface area contributed by atoms with Crippen molar-refractivity contribution in [2.45, 2.75) is 51.7 Å². The Bertz CT molecular complexity index is 847. The van der Waals surface area contributed by atoms with Crippen LogP contribution in [0.3, 0.4) is 0 Å². The largest absolute Gasteiger partial charge is 0.350 e. The van der Waals surface area contributed by atoms with E-state index in [1.165, 1.54) is 10.9 Å². The van der Waals surface area contributed by atoms with Gasteiger partial charge in [-0.2, -0.15) is 4.98 Å². The Kier molecular flexibility index (Phi) is 4.56. The van der Waals surface area contributed by atoms with Crippen LogP contribution in [0.25, 0.3) is 11.2 Å². The second-order valence-electron chi connectivity index (χ2n) is 6.38. The van der Waals surface area contributed by atoms with Gasteiger partial charge in [-0.15, -0.1) is 0 Å². The van der Waals surface area contributed by atoms with Crippen molar-refractivity contribution < 1.29 is 13.9 Å². The third-order valence-corrected chi connectivity index (χ3v) is 4.26. The van der Waals surface area contributed by atoms with Crippen molar-refractivity contribution in [3.05, 3.63) is 16.7 Å². The lowest BCUT2D eigenvalue weighted by molar-refractivity contribution is -0.118. The molecule has 0 saturated carbocycles. The zero-order chi connectivity index (χ0) is 18.3. The summed E-state index contributed by atoms with van der Waals surface area (Å²) in [6.45, 7) is 5.28. The van der Waals surface area contributed by atoms with Crippen molar-refractivity contribution in [1.82, 2.24) is 19.5 Å². The molecule has 1 aliphatic rings. The van der Waals surface area contributed by atoms with E-state index in [9.17, 15) is 14.0 Å². The maximum Gasteiger partial charge on any atom is 0.280 e. The number of nitrogens with two attached hydrogens (primary N) is 1. The maximum absolute atomic E-state index is 14.5. The van der Waals surface area contributed by atoms with Gasteiger partial charge in [0.2, 0.25) is 11.9 Å². The Morgan fingerprint density at radius 2 is 2.28 bits per heavy atom. The Morgan fingerprint density at radius 1 is 1.56 bits per heavy atom. The van der Waals surface area contributed by atoms with Crippen LogP contribution < -0.4 is 16.6 Å². The molecule has 4 atom stereocenters. The lowest BCUT2D eigenvalue weighted by atomic mass is 10.1. The van der Waals surface area contributed by atoms with Gasteiger partial charge in [-0.1, -0.05) is 20.8 Å². The van der Waals surface area contributed by atoms with Crippen LogP contribution in [0, 0.1) is 5.92 Å². The number of ether oxygens (including phenoxy) is 1. The van der Waals surface area contributed by atoms with E-state index in [0.717, 1.165) is 0 Å². The second-order valence-corrected chi connectivity index (χ2v) is 6.38. The summed E-state index contributed by atoms with van der Waals surface area (Å²) in [6, 6.07) is -0.769. The van der Waals surface area contributed by atoms with Crippen LogP contribution in [0.1, 0.15) is 33.4 Å². The zero-order valence-corrected chi connectivity index (χ0v) is 14.2. The molecule has 0 bridgehead atoms. The van der Waals surface area contributed by atoms with Gasteiger partial charge in [0.1, 0.15) is 0 Å². The smallest absolute Gasteiger partial charge is 0.280 e. The average molecular weight is 352 g/mol. The number of anilines is 1. The fourth-order valence-electron chi connectivity index (χ4n) is 2.76. The number of nitrogens with zero attached hydrogens (tertiary/aromatic N) is 3. The number of amides is 1. The number of aromatic nitrogens is 4. The molecule has 3 heterocycles. The number of hydrogen-bond donors (Lipinski definition) is 3. The van der Waals surface area contributed by atoms with Gasteiger partial charge in [-0.05, 0) is 6.42 Å². The molecule has 0 aromatic carbocycles. The van der Waals surface area contributed by atoms with Gasteiger partial charge >= 0.3 is 0 Å². The molecule has 10 heteroatoms. The molecule has 136 valence electrons. The summed E-state index contributed by atoms with van der Waals surface area (Å²) < 4.78 is 21.6. The molecule has 25 heavy (non-hydrogen) atoms. The third kappa shape index (κ3) is 3.02. The van der Waals surface area contributed by atoms with E-state index in [-0.39, 0.29) is 28.9 Å². The number of fused-ring (bicyclic) bond motifs is 1. The minimum atomic E-state index is -1.46. The lowest BCUT2D eigenvalue weighted by Gasteiger charge is -2.15. The molecular formula is C15H21FN6O3. The molecule has 2 aromatic rings. The summed E-state index contributed by atoms with van der Waals surface area (Å²) in [5, 5.41) is 2.52. The molecule has 3 rings (SSSR count). The summed E-state index contributed by atoms with van der Waals surface area (Å²) in [5.74, 6) is -0.618. The number of carbonyl (C=O) groups is 1. The van der Waals surface area contributed by atoms with Gasteiger partial charge in [-0.25, -0.2) is 9.37 Å². The Morgan fingerprint density at radius 3 is 2.88 bits per heavy atom. The van der Waals surface area contributed by atoms with Crippen LogP contribution in [0.5, 0.6) is 0 Å². The first kappa shape index (κ1) is 17.5. The van der Waals surface area contributed by atoms with E-state index >= 15 is 0 Å². The number of aromatic amines is 1. The summed E-state index contributed by atoms with van der Waals surface area (Å²) in [7, 11) is 0. The summed E-state index contributed by atoms with van der Waals surface area (Å²) in [4.78, 5) is 34.6. The SMILES string of the molecule is CC[C@H]1O[C@@H](n2cnc3c(=O)[nH]c(NC(=O)C(C)C)nc32)[C@H](F)[C@@H]1N. The molecule has 0 aliphatic carbocycles. The van der Waals surface area contributed by atoms with Crippen LogP contribution >= 0.6 is 0 Å². The van der Waals surface area contributed by atoms with E-state index < -0.39 is 30.1 Å². The monoisotopic (exact) mass is 352 g/mol. The maximum atomic E-state index is 14.5. The highest BCUT2D eigenvalue weighted by Gasteiger charge is 2.43. The van der Waals surface area contributed by atoms with Crippen molar-refractivity contribution >= 4 is 23.0 Å². The number of carbonyl (C=O) groups excluding carboxylic acids is 1. The van der Waals surface area contributed by atoms with Crippen molar-refractivity contribution in [3.63, 3.8) is 0 Å². The van der Waals surface area contributed by atoms with E-state index in [1.807, 2.05) is 6.92 Å². The Labute approximate surface area is 142 Å². The molecule has 1 fully saturated rings. The van der Waals surface area contributed by atoms with E-state index in [2.05, 4.69) is 20.3 Å². The number of alkyl halides is 1. The van der Waals surface area contributed by atoms with Gasteiger partial charge < -0.3 is 10.5 Å². The van der Waals surface area contributed by atoms with Gasteiger partial charge in [0.05, 0.1) is 18.5 Å². The average Bonchev–Trinajstić information content (AvgIpc) is 3.10. The van der Waals surface area contributed by atoms with Crippen LogP contribution in [-0.4, -0.2) is 43.7 Å². The number of H-pyrrole nitrogens is 1. The summed E-state index contributed by atoms with van der Waals surface area (Å²) in [6.07, 6.45) is -1.05. The normalized spacial score (nSPS) is 26.5. The van der Waals surface area contributed by atoms with E-state index in [4.69, 9.17) is 10.5 Å². The predicted molar refractivity (Wildman–Crippen MR) is 88.7 cm³/mol. The van der Waals surface area contributed by atoms with Crippen molar-refractivity contribution in [2.75, 3.05) is 5.32 Å². The Hall–Kier alpha value is -2.33. The number of halogens is 1. The topological polar surface area (TPSA) is 128 Å². The molecule has 1 amide bonds. The fourth-order valence-corrected chi connectivity index (χ4v) is 2.76. The van der Waals surface area contributed by atoms with Gasteiger partial charge in [-0.3, -0.25) is 24.5 Å². The molecule has 4 N–H and O–H groups in total. The van der Waals surface area contributed by atoms with Gasteiger partial charge in [0, 0.05) is 5.92 Å². The molecule has 1 saturated heterocycles. The highest BCUT2D eigenvalue weighted by molar-refractivity contribution is 5.91. The standard InChI is InChI=1S/C15H21FN6O3/c1-4-7-9(17)8(16)14(25-7)22-5-18-10-11(22)19-15(21-13(10)24)20-12(23)6(2)3/h5-9,14H,4,17H2,1-3H3,(H2,19,20,21,23,24)/t7-,8-,9-,14-/m1/s1. The fraction of sp³-hybridized carbons (Fsp3) is 0.600. The van der Waals surface area contributed by atoms with Crippen molar-refractivity contribution in [2.24, 2.45) is 11.7 Å². The first-order valence-electron chi connectivity index (χ1n) is 8.16. The minimum Gasteiger partial charge on any atom is -0.350 e. The third-order valence-electron chi connectivity index (χ3n) is 4.26. The van der Waals surface area contributed by atoms with Crippen LogP contribution in [0.4, 0.5) is 10.3 Å². The first-order valence-corrected chi connectivity index (χ1v) is 8.16. The quantitative estimate of drug-likeness (QED) is 0.743. The molecule has 0 spiro atoms. The molecule has 0 radical (unpaired) electrons. The minimum absolute atomic E-state index is 0.0253. The predicted octanol–water partition coefficient (Wildman–Crippen LogP) is 0.687. The van der Waals surface area contributed by atoms with E-state index in [0.29, 0.717) is 6.42 Å². The highest BCUT2D eigenvalue weighted by atomic mass is 19.1. The Balaban J connectivity index is 2.01. The van der Waals surface area contributed by atoms with Crippen LogP contribution in [0.2, 0.25) is 0 Å².